The van der Waals surface area contributed by atoms with Gasteiger partial charge < -0.3 is 14.4 Å². The number of benzene rings is 2. The summed E-state index contributed by atoms with van der Waals surface area (Å²) >= 11 is 0. The minimum absolute atomic E-state index is 0.000376. The van der Waals surface area contributed by atoms with E-state index in [-0.39, 0.29) is 11.7 Å². The fourth-order valence-corrected chi connectivity index (χ4v) is 4.57. The van der Waals surface area contributed by atoms with Crippen LogP contribution >= 0.6 is 0 Å². The number of hydrogen-bond acceptors (Lipinski definition) is 3. The van der Waals surface area contributed by atoms with Crippen molar-refractivity contribution < 1.29 is 9.59 Å². The van der Waals surface area contributed by atoms with Crippen molar-refractivity contribution in [3.05, 3.63) is 47.0 Å². The summed E-state index contributed by atoms with van der Waals surface area (Å²) in [6.45, 7) is 8.29. The van der Waals surface area contributed by atoms with Crippen LogP contribution in [0.2, 0.25) is 0 Å². The number of aryl methyl sites for hydroxylation is 1. The average Bonchev–Trinajstić information content (AvgIpc) is 3.25. The Morgan fingerprint density at radius 2 is 1.76 bits per heavy atom. The molecule has 0 saturated carbocycles. The number of aromatic nitrogens is 1. The van der Waals surface area contributed by atoms with Gasteiger partial charge >= 0.3 is 0 Å². The number of hydrogen-bond donors (Lipinski definition) is 0. The number of fused-ring (bicyclic) bond motifs is 5. The first-order chi connectivity index (χ1) is 14.0. The highest BCUT2D eigenvalue weighted by atomic mass is 16.2. The van der Waals surface area contributed by atoms with Crippen molar-refractivity contribution in [2.45, 2.75) is 33.2 Å². The Morgan fingerprint density at radius 1 is 1.03 bits per heavy atom. The van der Waals surface area contributed by atoms with Crippen molar-refractivity contribution in [1.82, 2.24) is 14.4 Å². The van der Waals surface area contributed by atoms with Crippen LogP contribution in [0.15, 0.2) is 30.3 Å². The first kappa shape index (κ1) is 19.6. The molecule has 0 bridgehead atoms. The molecular weight excluding hydrogens is 362 g/mol. The Hall–Kier alpha value is -2.66. The highest BCUT2D eigenvalue weighted by molar-refractivity contribution is 6.16. The van der Waals surface area contributed by atoms with Crippen molar-refractivity contribution >= 4 is 33.5 Å². The van der Waals surface area contributed by atoms with E-state index >= 15 is 0 Å². The second-order valence-corrected chi connectivity index (χ2v) is 8.02. The molecule has 0 saturated heterocycles. The lowest BCUT2D eigenvalue weighted by atomic mass is 10.0. The van der Waals surface area contributed by atoms with Gasteiger partial charge in [0.2, 0.25) is 0 Å². The zero-order valence-corrected chi connectivity index (χ0v) is 17.8. The van der Waals surface area contributed by atoms with Crippen molar-refractivity contribution in [2.24, 2.45) is 0 Å². The summed E-state index contributed by atoms with van der Waals surface area (Å²) in [5.74, 6) is 0.228. The van der Waals surface area contributed by atoms with Gasteiger partial charge in [-0.2, -0.15) is 0 Å². The molecule has 0 spiro atoms. The topological polar surface area (TPSA) is 45.6 Å². The van der Waals surface area contributed by atoms with Crippen molar-refractivity contribution in [2.75, 3.05) is 33.7 Å². The number of carbonyl (C=O) groups is 2. The van der Waals surface area contributed by atoms with Gasteiger partial charge in [0, 0.05) is 66.5 Å². The van der Waals surface area contributed by atoms with Crippen molar-refractivity contribution in [1.29, 1.82) is 0 Å². The fraction of sp³-hybridized carbons (Fsp3) is 0.417. The minimum Gasteiger partial charge on any atom is -0.345 e. The van der Waals surface area contributed by atoms with E-state index < -0.39 is 0 Å². The average molecular weight is 392 g/mol. The van der Waals surface area contributed by atoms with Crippen LogP contribution in [0.3, 0.4) is 0 Å². The number of amides is 1. The van der Waals surface area contributed by atoms with Gasteiger partial charge in [-0.15, -0.1) is 0 Å². The van der Waals surface area contributed by atoms with Gasteiger partial charge in [0.25, 0.3) is 5.91 Å². The van der Waals surface area contributed by atoms with E-state index in [1.807, 2.05) is 18.2 Å². The van der Waals surface area contributed by atoms with E-state index in [0.29, 0.717) is 12.0 Å². The van der Waals surface area contributed by atoms with E-state index in [1.165, 1.54) is 0 Å². The molecule has 2 aromatic carbocycles. The van der Waals surface area contributed by atoms with Crippen LogP contribution in [0.1, 0.15) is 46.5 Å². The molecule has 0 fully saturated rings. The smallest absolute Gasteiger partial charge is 0.253 e. The number of likely N-dealkylation sites (N-methyl/N-ethyl adjacent to an activating group) is 1. The molecule has 152 valence electrons. The minimum atomic E-state index is -0.000376. The van der Waals surface area contributed by atoms with Crippen LogP contribution in [0, 0.1) is 0 Å². The van der Waals surface area contributed by atoms with E-state index in [0.717, 1.165) is 65.5 Å². The Kier molecular flexibility index (Phi) is 5.17. The molecule has 4 rings (SSSR count). The predicted octanol–water partition coefficient (Wildman–Crippen LogP) is 3.97. The largest absolute Gasteiger partial charge is 0.345 e. The van der Waals surface area contributed by atoms with Gasteiger partial charge in [-0.25, -0.2) is 0 Å². The lowest BCUT2D eigenvalue weighted by molar-refractivity contribution is 0.0827. The molecule has 1 aromatic heterocycles. The van der Waals surface area contributed by atoms with Crippen LogP contribution in [-0.2, 0) is 13.0 Å². The summed E-state index contributed by atoms with van der Waals surface area (Å²) in [5.41, 5.74) is 4.98. The molecule has 0 unspecified atom stereocenters. The Balaban J connectivity index is 1.94. The van der Waals surface area contributed by atoms with E-state index in [1.54, 1.807) is 19.0 Å². The maximum Gasteiger partial charge on any atom is 0.253 e. The summed E-state index contributed by atoms with van der Waals surface area (Å²) in [4.78, 5) is 28.9. The first-order valence-electron chi connectivity index (χ1n) is 10.5. The standard InChI is InChI=1S/C24H29N3O2/c1-5-26(6-2)13-14-27-20-10-7-16(24(29)25(3)4)15-19(20)23-18-9-12-22(28)17(18)8-11-21(23)27/h7-8,10-11,15H,5-6,9,12-14H2,1-4H3. The summed E-state index contributed by atoms with van der Waals surface area (Å²) < 4.78 is 2.36. The summed E-state index contributed by atoms with van der Waals surface area (Å²) in [7, 11) is 3.55. The number of carbonyl (C=O) groups excluding carboxylic acids is 2. The fourth-order valence-electron chi connectivity index (χ4n) is 4.57. The number of ketones is 1. The number of rotatable bonds is 6. The first-order valence-corrected chi connectivity index (χ1v) is 10.5. The van der Waals surface area contributed by atoms with E-state index in [9.17, 15) is 9.59 Å². The Labute approximate surface area is 171 Å². The molecule has 0 radical (unpaired) electrons. The third-order valence-electron chi connectivity index (χ3n) is 6.23. The zero-order chi connectivity index (χ0) is 20.7. The Bertz CT molecular complexity index is 1110. The lowest BCUT2D eigenvalue weighted by Crippen LogP contribution is -2.27. The SMILES string of the molecule is CCN(CC)CCn1c2ccc(C(=O)N(C)C)cc2c2c3c(ccc21)C(=O)CC3. The van der Waals surface area contributed by atoms with Crippen LogP contribution in [0.5, 0.6) is 0 Å². The number of Topliss-reactive ketones (excluding diaryl/α,β-unsaturated/α-hetero) is 1. The predicted molar refractivity (Wildman–Crippen MR) is 118 cm³/mol. The molecule has 1 aliphatic carbocycles. The second kappa shape index (κ2) is 7.64. The quantitative estimate of drug-likeness (QED) is 0.639. The lowest BCUT2D eigenvalue weighted by Gasteiger charge is -2.19. The maximum atomic E-state index is 12.6. The van der Waals surface area contributed by atoms with Crippen molar-refractivity contribution in [3.8, 4) is 0 Å². The third-order valence-corrected chi connectivity index (χ3v) is 6.23. The molecule has 0 atom stereocenters. The zero-order valence-electron chi connectivity index (χ0n) is 17.8. The van der Waals surface area contributed by atoms with Crippen LogP contribution in [0.4, 0.5) is 0 Å². The summed E-state index contributed by atoms with van der Waals surface area (Å²) in [6.07, 6.45) is 1.36. The molecule has 0 aliphatic heterocycles. The third kappa shape index (κ3) is 3.23. The molecular formula is C24H29N3O2. The van der Waals surface area contributed by atoms with Crippen LogP contribution in [0.25, 0.3) is 21.8 Å². The molecule has 1 amide bonds. The van der Waals surface area contributed by atoms with Gasteiger partial charge in [0.1, 0.15) is 0 Å². The Morgan fingerprint density at radius 3 is 2.45 bits per heavy atom. The number of nitrogens with zero attached hydrogens (tertiary/aromatic N) is 3. The molecule has 29 heavy (non-hydrogen) atoms. The van der Waals surface area contributed by atoms with Crippen LogP contribution in [-0.4, -0.2) is 59.8 Å². The van der Waals surface area contributed by atoms with Gasteiger partial charge in [0.05, 0.1) is 0 Å². The van der Waals surface area contributed by atoms with Gasteiger partial charge in [0.15, 0.2) is 5.78 Å². The molecule has 3 aromatic rings. The molecule has 0 N–H and O–H groups in total. The summed E-state index contributed by atoms with van der Waals surface area (Å²) in [5, 5.41) is 2.23. The highest BCUT2D eigenvalue weighted by Crippen LogP contribution is 2.37. The molecule has 1 heterocycles. The van der Waals surface area contributed by atoms with E-state index in [4.69, 9.17) is 0 Å². The molecule has 5 heteroatoms. The highest BCUT2D eigenvalue weighted by Gasteiger charge is 2.25. The van der Waals surface area contributed by atoms with E-state index in [2.05, 4.69) is 35.4 Å². The van der Waals surface area contributed by atoms with Gasteiger partial charge in [-0.1, -0.05) is 13.8 Å². The van der Waals surface area contributed by atoms with Crippen molar-refractivity contribution in [3.63, 3.8) is 0 Å². The summed E-state index contributed by atoms with van der Waals surface area (Å²) in [6, 6.07) is 10.1. The molecule has 5 nitrogen and oxygen atoms in total. The second-order valence-electron chi connectivity index (χ2n) is 8.02. The normalized spacial score (nSPS) is 13.6. The monoisotopic (exact) mass is 391 g/mol. The van der Waals surface area contributed by atoms with Crippen LogP contribution < -0.4 is 0 Å². The molecule has 1 aliphatic rings. The van der Waals surface area contributed by atoms with Gasteiger partial charge in [-0.3, -0.25) is 9.59 Å². The maximum absolute atomic E-state index is 12.6. The van der Waals surface area contributed by atoms with Gasteiger partial charge in [-0.05, 0) is 55.4 Å².